The van der Waals surface area contributed by atoms with Crippen LogP contribution >= 0.6 is 11.6 Å². The molecule has 6 nitrogen and oxygen atoms in total. The van der Waals surface area contributed by atoms with Crippen molar-refractivity contribution in [1.29, 1.82) is 0 Å². The number of anilines is 1. The fraction of sp³-hybridized carbons (Fsp3) is 0. The van der Waals surface area contributed by atoms with Crippen molar-refractivity contribution < 1.29 is 13.7 Å². The van der Waals surface area contributed by atoms with Gasteiger partial charge in [-0.05, 0) is 42.5 Å². The summed E-state index contributed by atoms with van der Waals surface area (Å²) in [5, 5.41) is 7.25. The van der Waals surface area contributed by atoms with Crippen LogP contribution < -0.4 is 5.32 Å². The Morgan fingerprint density at radius 3 is 2.73 bits per heavy atom. The van der Waals surface area contributed by atoms with Crippen LogP contribution in [0.4, 0.5) is 5.69 Å². The van der Waals surface area contributed by atoms with Crippen LogP contribution in [0, 0.1) is 0 Å². The van der Waals surface area contributed by atoms with Crippen LogP contribution in [0.25, 0.3) is 23.0 Å². The molecule has 0 radical (unpaired) electrons. The van der Waals surface area contributed by atoms with Crippen molar-refractivity contribution in [1.82, 2.24) is 10.1 Å². The van der Waals surface area contributed by atoms with Crippen LogP contribution in [0.2, 0.25) is 5.02 Å². The van der Waals surface area contributed by atoms with Gasteiger partial charge in [0.2, 0.25) is 5.82 Å². The van der Waals surface area contributed by atoms with Crippen LogP contribution in [0.3, 0.4) is 0 Å². The minimum Gasteiger partial charge on any atom is -0.461 e. The molecule has 0 saturated heterocycles. The van der Waals surface area contributed by atoms with Crippen molar-refractivity contribution in [2.45, 2.75) is 0 Å². The molecule has 1 N–H and O–H groups in total. The van der Waals surface area contributed by atoms with E-state index >= 15 is 0 Å². The van der Waals surface area contributed by atoms with Crippen molar-refractivity contribution >= 4 is 23.2 Å². The monoisotopic (exact) mass is 365 g/mol. The summed E-state index contributed by atoms with van der Waals surface area (Å²) in [6.07, 6.45) is 1.53. The second-order valence-corrected chi connectivity index (χ2v) is 5.85. The molecule has 0 aliphatic heterocycles. The van der Waals surface area contributed by atoms with Gasteiger partial charge >= 0.3 is 0 Å². The molecule has 0 aliphatic carbocycles. The summed E-state index contributed by atoms with van der Waals surface area (Å²) in [7, 11) is 0. The van der Waals surface area contributed by atoms with Gasteiger partial charge < -0.3 is 14.3 Å². The molecule has 0 spiro atoms. The van der Waals surface area contributed by atoms with E-state index in [1.807, 2.05) is 6.07 Å². The van der Waals surface area contributed by atoms with Gasteiger partial charge in [0.25, 0.3) is 11.8 Å². The number of amides is 1. The molecule has 2 aromatic carbocycles. The number of carbonyl (C=O) groups excluding carboxylic acids is 1. The molecule has 128 valence electrons. The maximum absolute atomic E-state index is 12.5. The highest BCUT2D eigenvalue weighted by atomic mass is 35.5. The summed E-state index contributed by atoms with van der Waals surface area (Å²) in [6.45, 7) is 0. The number of hydrogen-bond donors (Lipinski definition) is 1. The third kappa shape index (κ3) is 3.22. The SMILES string of the molecule is O=C(Nc1ccccc1-c1nc(-c2ccco2)no1)c1cccc(Cl)c1. The number of halogens is 1. The van der Waals surface area contributed by atoms with Gasteiger partial charge in [0.15, 0.2) is 5.76 Å². The average molecular weight is 366 g/mol. The van der Waals surface area contributed by atoms with E-state index in [9.17, 15) is 4.79 Å². The zero-order valence-corrected chi connectivity index (χ0v) is 14.1. The lowest BCUT2D eigenvalue weighted by molar-refractivity contribution is 0.102. The smallest absolute Gasteiger partial charge is 0.260 e. The first-order chi connectivity index (χ1) is 12.7. The molecule has 7 heteroatoms. The molecule has 1 amide bonds. The summed E-state index contributed by atoms with van der Waals surface area (Å²) in [5.74, 6) is 0.825. The van der Waals surface area contributed by atoms with E-state index in [1.165, 1.54) is 6.26 Å². The van der Waals surface area contributed by atoms with E-state index in [0.717, 1.165) is 0 Å². The highest BCUT2D eigenvalue weighted by Gasteiger charge is 2.17. The molecule has 0 fully saturated rings. The summed E-state index contributed by atoms with van der Waals surface area (Å²) in [6, 6.07) is 17.4. The van der Waals surface area contributed by atoms with E-state index in [0.29, 0.717) is 33.4 Å². The van der Waals surface area contributed by atoms with E-state index in [1.54, 1.807) is 54.6 Å². The first kappa shape index (κ1) is 16.1. The quantitative estimate of drug-likeness (QED) is 0.556. The number of rotatable bonds is 4. The van der Waals surface area contributed by atoms with Crippen LogP contribution in [0.1, 0.15) is 10.4 Å². The van der Waals surface area contributed by atoms with Gasteiger partial charge in [-0.15, -0.1) is 0 Å². The number of para-hydroxylation sites is 1. The Bertz CT molecular complexity index is 1060. The van der Waals surface area contributed by atoms with Crippen molar-refractivity contribution in [3.05, 3.63) is 77.5 Å². The first-order valence-electron chi connectivity index (χ1n) is 7.74. The average Bonchev–Trinajstić information content (AvgIpc) is 3.34. The Morgan fingerprint density at radius 1 is 1.04 bits per heavy atom. The molecule has 2 aromatic heterocycles. The predicted octanol–water partition coefficient (Wildman–Crippen LogP) is 4.90. The summed E-state index contributed by atoms with van der Waals surface area (Å²) in [5.41, 5.74) is 1.61. The molecule has 0 atom stereocenters. The largest absolute Gasteiger partial charge is 0.461 e. The zero-order chi connectivity index (χ0) is 17.9. The zero-order valence-electron chi connectivity index (χ0n) is 13.3. The number of hydrogen-bond acceptors (Lipinski definition) is 5. The highest BCUT2D eigenvalue weighted by molar-refractivity contribution is 6.31. The van der Waals surface area contributed by atoms with Crippen molar-refractivity contribution in [2.24, 2.45) is 0 Å². The Labute approximate surface area is 153 Å². The van der Waals surface area contributed by atoms with Crippen molar-refractivity contribution in [3.63, 3.8) is 0 Å². The van der Waals surface area contributed by atoms with E-state index in [4.69, 9.17) is 20.5 Å². The molecule has 4 rings (SSSR count). The molecule has 0 aliphatic rings. The number of carbonyl (C=O) groups is 1. The second kappa shape index (κ2) is 6.85. The standard InChI is InChI=1S/C19H12ClN3O3/c20-13-6-3-5-12(11-13)18(24)21-15-8-2-1-7-14(15)19-22-17(23-26-19)16-9-4-10-25-16/h1-11H,(H,21,24). The number of furan rings is 1. The van der Waals surface area contributed by atoms with Gasteiger partial charge in [0.05, 0.1) is 17.5 Å². The molecule has 2 heterocycles. The summed E-state index contributed by atoms with van der Waals surface area (Å²) < 4.78 is 10.6. The van der Waals surface area contributed by atoms with Crippen molar-refractivity contribution in [3.8, 4) is 23.0 Å². The molecule has 0 unspecified atom stereocenters. The summed E-state index contributed by atoms with van der Waals surface area (Å²) >= 11 is 5.95. The third-order valence-corrected chi connectivity index (χ3v) is 3.90. The van der Waals surface area contributed by atoms with E-state index in [-0.39, 0.29) is 11.8 Å². The topological polar surface area (TPSA) is 81.2 Å². The van der Waals surface area contributed by atoms with Gasteiger partial charge in [-0.1, -0.05) is 35.0 Å². The van der Waals surface area contributed by atoms with E-state index in [2.05, 4.69) is 15.5 Å². The lowest BCUT2D eigenvalue weighted by atomic mass is 10.1. The van der Waals surface area contributed by atoms with E-state index < -0.39 is 0 Å². The van der Waals surface area contributed by atoms with Crippen LogP contribution in [-0.4, -0.2) is 16.0 Å². The number of nitrogens with one attached hydrogen (secondary N) is 1. The number of benzene rings is 2. The van der Waals surface area contributed by atoms with Gasteiger partial charge in [-0.2, -0.15) is 4.98 Å². The fourth-order valence-electron chi connectivity index (χ4n) is 2.44. The lowest BCUT2D eigenvalue weighted by Crippen LogP contribution is -2.12. The maximum Gasteiger partial charge on any atom is 0.260 e. The lowest BCUT2D eigenvalue weighted by Gasteiger charge is -2.08. The van der Waals surface area contributed by atoms with Crippen molar-refractivity contribution in [2.75, 3.05) is 5.32 Å². The van der Waals surface area contributed by atoms with Crippen LogP contribution in [-0.2, 0) is 0 Å². The molecule has 0 saturated carbocycles. The van der Waals surface area contributed by atoms with Crippen LogP contribution in [0.5, 0.6) is 0 Å². The predicted molar refractivity (Wildman–Crippen MR) is 96.8 cm³/mol. The molecular formula is C19H12ClN3O3. The highest BCUT2D eigenvalue weighted by Crippen LogP contribution is 2.29. The maximum atomic E-state index is 12.5. The van der Waals surface area contributed by atoms with Gasteiger partial charge in [0.1, 0.15) is 0 Å². The molecular weight excluding hydrogens is 354 g/mol. The number of aromatic nitrogens is 2. The van der Waals surface area contributed by atoms with Gasteiger partial charge in [0, 0.05) is 10.6 Å². The van der Waals surface area contributed by atoms with Gasteiger partial charge in [-0.3, -0.25) is 4.79 Å². The number of nitrogens with zero attached hydrogens (tertiary/aromatic N) is 2. The minimum atomic E-state index is -0.286. The van der Waals surface area contributed by atoms with Crippen LogP contribution in [0.15, 0.2) is 75.9 Å². The summed E-state index contributed by atoms with van der Waals surface area (Å²) in [4.78, 5) is 16.8. The third-order valence-electron chi connectivity index (χ3n) is 3.66. The Balaban J connectivity index is 1.64. The minimum absolute atomic E-state index is 0.276. The second-order valence-electron chi connectivity index (χ2n) is 5.41. The molecule has 4 aromatic rings. The van der Waals surface area contributed by atoms with Gasteiger partial charge in [-0.25, -0.2) is 0 Å². The molecule has 26 heavy (non-hydrogen) atoms. The Hall–Kier alpha value is -3.38. The molecule has 0 bridgehead atoms. The fourth-order valence-corrected chi connectivity index (χ4v) is 2.63. The normalized spacial score (nSPS) is 10.7. The Morgan fingerprint density at radius 2 is 1.92 bits per heavy atom. The first-order valence-corrected chi connectivity index (χ1v) is 8.12. The Kier molecular flexibility index (Phi) is 4.25.